The van der Waals surface area contributed by atoms with Gasteiger partial charge in [-0.15, -0.1) is 11.3 Å². The first kappa shape index (κ1) is 20.2. The van der Waals surface area contributed by atoms with E-state index in [1.54, 1.807) is 39.2 Å². The van der Waals surface area contributed by atoms with E-state index in [0.717, 1.165) is 30.9 Å². The van der Waals surface area contributed by atoms with E-state index in [1.807, 2.05) is 24.3 Å². The minimum absolute atomic E-state index is 0.0715. The fourth-order valence-electron chi connectivity index (χ4n) is 3.12. The molecule has 0 radical (unpaired) electrons. The van der Waals surface area contributed by atoms with Gasteiger partial charge in [-0.3, -0.25) is 4.79 Å². The van der Waals surface area contributed by atoms with E-state index in [-0.39, 0.29) is 12.5 Å². The summed E-state index contributed by atoms with van der Waals surface area (Å²) in [5.41, 5.74) is 2.50. The molecule has 150 valence electrons. The predicted octanol–water partition coefficient (Wildman–Crippen LogP) is 4.12. The molecule has 0 aliphatic carbocycles. The van der Waals surface area contributed by atoms with Gasteiger partial charge in [-0.1, -0.05) is 12.1 Å². The van der Waals surface area contributed by atoms with Crippen molar-refractivity contribution < 1.29 is 14.3 Å². The number of para-hydroxylation sites is 2. The molecule has 0 bridgehead atoms. The lowest BCUT2D eigenvalue weighted by atomic mass is 10.1. The number of ether oxygens (including phenoxy) is 1. The summed E-state index contributed by atoms with van der Waals surface area (Å²) < 4.78 is 5.29. The average molecular weight is 402 g/mol. The van der Waals surface area contributed by atoms with Gasteiger partial charge in [0.2, 0.25) is 5.91 Å². The van der Waals surface area contributed by atoms with Crippen LogP contribution in [0.3, 0.4) is 0 Å². The molecule has 7 heteroatoms. The summed E-state index contributed by atoms with van der Waals surface area (Å²) in [4.78, 5) is 29.6. The third kappa shape index (κ3) is 5.04. The minimum atomic E-state index is -0.594. The number of amides is 2. The van der Waals surface area contributed by atoms with E-state index < -0.39 is 11.7 Å². The number of rotatable bonds is 4. The van der Waals surface area contributed by atoms with Gasteiger partial charge in [0.1, 0.15) is 12.1 Å². The molecule has 3 rings (SSSR count). The molecule has 6 nitrogen and oxygen atoms in total. The van der Waals surface area contributed by atoms with Crippen LogP contribution in [0.5, 0.6) is 0 Å². The SMILES string of the molecule is CN(CC(=O)Nc1ccccc1N1CCc2sccc2C1)C(=O)OC(C)(C)C. The maximum absolute atomic E-state index is 12.5. The van der Waals surface area contributed by atoms with Crippen molar-refractivity contribution in [2.75, 3.05) is 30.4 Å². The molecule has 1 aliphatic rings. The molecule has 0 saturated heterocycles. The molecule has 2 heterocycles. The lowest BCUT2D eigenvalue weighted by Gasteiger charge is -2.31. The van der Waals surface area contributed by atoms with Crippen LogP contribution in [0.15, 0.2) is 35.7 Å². The molecule has 1 aliphatic heterocycles. The maximum atomic E-state index is 12.5. The summed E-state index contributed by atoms with van der Waals surface area (Å²) in [5.74, 6) is -0.256. The lowest BCUT2D eigenvalue weighted by molar-refractivity contribution is -0.117. The second-order valence-corrected chi connectivity index (χ2v) is 8.94. The Kier molecular flexibility index (Phi) is 5.93. The number of hydrogen-bond donors (Lipinski definition) is 1. The Morgan fingerprint density at radius 1 is 1.25 bits per heavy atom. The first-order valence-corrected chi connectivity index (χ1v) is 10.2. The molecular weight excluding hydrogens is 374 g/mol. The molecule has 0 unspecified atom stereocenters. The Morgan fingerprint density at radius 3 is 2.75 bits per heavy atom. The highest BCUT2D eigenvalue weighted by molar-refractivity contribution is 7.10. The Bertz CT molecular complexity index is 857. The predicted molar refractivity (Wildman–Crippen MR) is 113 cm³/mol. The molecular formula is C21H27N3O3S. The fourth-order valence-corrected chi connectivity index (χ4v) is 4.01. The first-order chi connectivity index (χ1) is 13.2. The molecule has 0 saturated carbocycles. The quantitative estimate of drug-likeness (QED) is 0.837. The lowest BCUT2D eigenvalue weighted by Crippen LogP contribution is -2.39. The van der Waals surface area contributed by atoms with Crippen molar-refractivity contribution in [2.24, 2.45) is 0 Å². The highest BCUT2D eigenvalue weighted by Crippen LogP contribution is 2.32. The van der Waals surface area contributed by atoms with Gasteiger partial charge in [0.25, 0.3) is 0 Å². The van der Waals surface area contributed by atoms with Crippen LogP contribution in [0.2, 0.25) is 0 Å². The highest BCUT2D eigenvalue weighted by Gasteiger charge is 2.23. The number of thiophene rings is 1. The van der Waals surface area contributed by atoms with Crippen LogP contribution in [0.25, 0.3) is 0 Å². The standard InChI is InChI=1S/C21H27N3O3S/c1-21(2,3)27-20(26)23(4)14-19(25)22-16-7-5-6-8-17(16)24-11-9-18-15(13-24)10-12-28-18/h5-8,10,12H,9,11,13-14H2,1-4H3,(H,22,25). The molecule has 1 aromatic carbocycles. The number of fused-ring (bicyclic) bond motifs is 1. The number of carbonyl (C=O) groups is 2. The van der Waals surface area contributed by atoms with Gasteiger partial charge in [0.15, 0.2) is 0 Å². The number of nitrogens with one attached hydrogen (secondary N) is 1. The van der Waals surface area contributed by atoms with Gasteiger partial charge in [-0.2, -0.15) is 0 Å². The molecule has 0 atom stereocenters. The van der Waals surface area contributed by atoms with Crippen molar-refractivity contribution in [3.8, 4) is 0 Å². The van der Waals surface area contributed by atoms with Gasteiger partial charge < -0.3 is 19.9 Å². The van der Waals surface area contributed by atoms with Crippen LogP contribution in [0.1, 0.15) is 31.2 Å². The highest BCUT2D eigenvalue weighted by atomic mass is 32.1. The number of benzene rings is 1. The van der Waals surface area contributed by atoms with Crippen molar-refractivity contribution in [1.82, 2.24) is 4.90 Å². The number of nitrogens with zero attached hydrogens (tertiary/aromatic N) is 2. The van der Waals surface area contributed by atoms with Crippen molar-refractivity contribution in [3.05, 3.63) is 46.2 Å². The van der Waals surface area contributed by atoms with E-state index in [1.165, 1.54) is 15.3 Å². The van der Waals surface area contributed by atoms with E-state index in [2.05, 4.69) is 21.7 Å². The molecule has 0 spiro atoms. The number of hydrogen-bond acceptors (Lipinski definition) is 5. The molecule has 1 aromatic heterocycles. The Hall–Kier alpha value is -2.54. The van der Waals surface area contributed by atoms with E-state index in [9.17, 15) is 9.59 Å². The number of carbonyl (C=O) groups excluding carboxylic acids is 2. The van der Waals surface area contributed by atoms with Crippen molar-refractivity contribution in [2.45, 2.75) is 39.3 Å². The third-order valence-electron chi connectivity index (χ3n) is 4.41. The Balaban J connectivity index is 1.65. The summed E-state index contributed by atoms with van der Waals surface area (Å²) in [5, 5.41) is 5.08. The second-order valence-electron chi connectivity index (χ2n) is 7.94. The molecule has 2 amide bonds. The molecule has 1 N–H and O–H groups in total. The maximum Gasteiger partial charge on any atom is 0.410 e. The van der Waals surface area contributed by atoms with Crippen LogP contribution in [-0.4, -0.2) is 42.6 Å². The van der Waals surface area contributed by atoms with Crippen molar-refractivity contribution in [1.29, 1.82) is 0 Å². The smallest absolute Gasteiger partial charge is 0.410 e. The largest absolute Gasteiger partial charge is 0.444 e. The summed E-state index contributed by atoms with van der Waals surface area (Å²) in [7, 11) is 1.56. The summed E-state index contributed by atoms with van der Waals surface area (Å²) >= 11 is 1.80. The molecule has 0 fully saturated rings. The molecule has 28 heavy (non-hydrogen) atoms. The monoisotopic (exact) mass is 401 g/mol. The summed E-state index contributed by atoms with van der Waals surface area (Å²) in [6, 6.07) is 9.95. The third-order valence-corrected chi connectivity index (χ3v) is 5.44. The van der Waals surface area contributed by atoms with E-state index in [0.29, 0.717) is 0 Å². The second kappa shape index (κ2) is 8.22. The summed E-state index contributed by atoms with van der Waals surface area (Å²) in [6.07, 6.45) is 0.494. The number of likely N-dealkylation sites (N-methyl/N-ethyl adjacent to an activating group) is 1. The van der Waals surface area contributed by atoms with Crippen LogP contribution >= 0.6 is 11.3 Å². The van der Waals surface area contributed by atoms with Gasteiger partial charge in [0.05, 0.1) is 11.4 Å². The molecule has 2 aromatic rings. The first-order valence-electron chi connectivity index (χ1n) is 9.36. The summed E-state index contributed by atoms with van der Waals surface area (Å²) in [6.45, 7) is 7.07. The van der Waals surface area contributed by atoms with Gasteiger partial charge in [-0.25, -0.2) is 4.79 Å². The van der Waals surface area contributed by atoms with Crippen molar-refractivity contribution in [3.63, 3.8) is 0 Å². The van der Waals surface area contributed by atoms with Crippen LogP contribution in [-0.2, 0) is 22.5 Å². The zero-order valence-electron chi connectivity index (χ0n) is 16.8. The van der Waals surface area contributed by atoms with Crippen molar-refractivity contribution >= 4 is 34.7 Å². The van der Waals surface area contributed by atoms with Gasteiger partial charge >= 0.3 is 6.09 Å². The Morgan fingerprint density at radius 2 is 2.00 bits per heavy atom. The normalized spacial score (nSPS) is 13.6. The Labute approximate surface area is 170 Å². The number of anilines is 2. The average Bonchev–Trinajstić information content (AvgIpc) is 3.08. The van der Waals surface area contributed by atoms with Crippen LogP contribution < -0.4 is 10.2 Å². The zero-order chi connectivity index (χ0) is 20.3. The van der Waals surface area contributed by atoms with Crippen LogP contribution in [0, 0.1) is 0 Å². The van der Waals surface area contributed by atoms with E-state index in [4.69, 9.17) is 4.74 Å². The van der Waals surface area contributed by atoms with Gasteiger partial charge in [0, 0.05) is 25.0 Å². The van der Waals surface area contributed by atoms with E-state index >= 15 is 0 Å². The fraction of sp³-hybridized carbons (Fsp3) is 0.429. The van der Waals surface area contributed by atoms with Gasteiger partial charge in [-0.05, 0) is 56.3 Å². The topological polar surface area (TPSA) is 61.9 Å². The van der Waals surface area contributed by atoms with Crippen LogP contribution in [0.4, 0.5) is 16.2 Å². The minimum Gasteiger partial charge on any atom is -0.444 e. The zero-order valence-corrected chi connectivity index (χ0v) is 17.6.